The van der Waals surface area contributed by atoms with Crippen LogP contribution in [0.25, 0.3) is 17.5 Å². The summed E-state index contributed by atoms with van der Waals surface area (Å²) in [5, 5.41) is 0.183. The van der Waals surface area contributed by atoms with Gasteiger partial charge in [-0.3, -0.25) is 0 Å². The minimum atomic E-state index is -0.688. The van der Waals surface area contributed by atoms with Crippen LogP contribution in [-0.2, 0) is 9.53 Å². The second kappa shape index (κ2) is 8.22. The van der Waals surface area contributed by atoms with E-state index in [1.807, 2.05) is 62.4 Å². The van der Waals surface area contributed by atoms with Crippen molar-refractivity contribution in [2.75, 3.05) is 12.3 Å². The van der Waals surface area contributed by atoms with Crippen LogP contribution in [-0.4, -0.2) is 22.1 Å². The van der Waals surface area contributed by atoms with Gasteiger partial charge in [-0.1, -0.05) is 59.7 Å². The number of carbonyl (C=O) groups is 1. The highest BCUT2D eigenvalue weighted by Crippen LogP contribution is 2.38. The number of ether oxygens (including phenoxy) is 1. The first kappa shape index (κ1) is 21.5. The van der Waals surface area contributed by atoms with Gasteiger partial charge in [-0.05, 0) is 38.0 Å². The van der Waals surface area contributed by atoms with E-state index >= 15 is 0 Å². The molecule has 1 aliphatic rings. The molecule has 1 atom stereocenters. The topological polar surface area (TPSA) is 113 Å². The van der Waals surface area contributed by atoms with Crippen LogP contribution in [0.3, 0.4) is 0 Å². The minimum absolute atomic E-state index is 0.0394. The molecule has 8 heteroatoms. The summed E-state index contributed by atoms with van der Waals surface area (Å²) in [4.78, 5) is 30.7. The van der Waals surface area contributed by atoms with Crippen LogP contribution in [0.1, 0.15) is 40.8 Å². The Balaban J connectivity index is 1.91. The van der Waals surface area contributed by atoms with Gasteiger partial charge >= 0.3 is 11.6 Å². The van der Waals surface area contributed by atoms with Gasteiger partial charge in [0.25, 0.3) is 6.01 Å². The molecule has 0 saturated heterocycles. The first-order valence-electron chi connectivity index (χ1n) is 10.9. The maximum Gasteiger partial charge on any atom is 0.362 e. The van der Waals surface area contributed by atoms with E-state index in [1.54, 1.807) is 13.0 Å². The Labute approximate surface area is 194 Å². The number of esters is 1. The van der Waals surface area contributed by atoms with Gasteiger partial charge in [-0.25, -0.2) is 14.2 Å². The van der Waals surface area contributed by atoms with Gasteiger partial charge < -0.3 is 19.3 Å². The van der Waals surface area contributed by atoms with E-state index in [-0.39, 0.29) is 35.0 Å². The lowest BCUT2D eigenvalue weighted by Gasteiger charge is -2.22. The molecule has 2 aromatic carbocycles. The molecule has 1 unspecified atom stereocenters. The van der Waals surface area contributed by atoms with Gasteiger partial charge in [0.1, 0.15) is 16.6 Å². The number of rotatable bonds is 4. The average Bonchev–Trinajstić information content (AvgIpc) is 3.32. The number of nitrogen functional groups attached to an aromatic ring is 1. The Morgan fingerprint density at radius 3 is 2.59 bits per heavy atom. The molecule has 8 nitrogen and oxygen atoms in total. The number of benzene rings is 2. The van der Waals surface area contributed by atoms with E-state index in [2.05, 4.69) is 4.98 Å². The van der Waals surface area contributed by atoms with Gasteiger partial charge in [-0.2, -0.15) is 4.98 Å². The summed E-state index contributed by atoms with van der Waals surface area (Å²) in [6.07, 6.45) is 1.68. The molecular formula is C26H23N3O5. The number of aryl methyl sites for hydroxylation is 2. The summed E-state index contributed by atoms with van der Waals surface area (Å²) in [6.45, 7) is 5.78. The molecule has 2 aromatic heterocycles. The maximum absolute atomic E-state index is 13.2. The summed E-state index contributed by atoms with van der Waals surface area (Å²) in [5.74, 6) is -1.06. The molecule has 2 N–H and O–H groups in total. The molecule has 3 heterocycles. The Morgan fingerprint density at radius 2 is 1.88 bits per heavy atom. The van der Waals surface area contributed by atoms with Crippen molar-refractivity contribution in [3.05, 3.63) is 97.8 Å². The van der Waals surface area contributed by atoms with Gasteiger partial charge in [0.2, 0.25) is 11.4 Å². The number of anilines is 1. The first-order valence-corrected chi connectivity index (χ1v) is 10.9. The van der Waals surface area contributed by atoms with Crippen molar-refractivity contribution in [1.29, 1.82) is 0 Å². The highest BCUT2D eigenvalue weighted by molar-refractivity contribution is 6.12. The summed E-state index contributed by atoms with van der Waals surface area (Å²) in [5.41, 5.74) is 9.54. The van der Waals surface area contributed by atoms with Crippen LogP contribution in [0.5, 0.6) is 0 Å². The summed E-state index contributed by atoms with van der Waals surface area (Å²) in [7, 11) is 0. The molecule has 5 rings (SSSR count). The van der Waals surface area contributed by atoms with E-state index in [9.17, 15) is 9.59 Å². The predicted molar refractivity (Wildman–Crippen MR) is 126 cm³/mol. The molecule has 0 amide bonds. The Bertz CT molecular complexity index is 1610. The number of carbonyl (C=O) groups excluding carboxylic acids is 1. The molecule has 0 spiro atoms. The molecule has 34 heavy (non-hydrogen) atoms. The van der Waals surface area contributed by atoms with Gasteiger partial charge in [0.05, 0.1) is 12.5 Å². The third-order valence-electron chi connectivity index (χ3n) is 5.71. The molecule has 0 aliphatic carbocycles. The second-order valence-corrected chi connectivity index (χ2v) is 8.20. The molecule has 0 bridgehead atoms. The fourth-order valence-electron chi connectivity index (χ4n) is 4.34. The average molecular weight is 457 g/mol. The van der Waals surface area contributed by atoms with Gasteiger partial charge in [0, 0.05) is 0 Å². The van der Waals surface area contributed by atoms with Crippen molar-refractivity contribution in [1.82, 2.24) is 9.55 Å². The summed E-state index contributed by atoms with van der Waals surface area (Å²) < 4.78 is 18.3. The Hall–Kier alpha value is -4.33. The molecule has 172 valence electrons. The van der Waals surface area contributed by atoms with Crippen molar-refractivity contribution >= 4 is 23.6 Å². The zero-order valence-electron chi connectivity index (χ0n) is 19.0. The molecule has 0 saturated carbocycles. The van der Waals surface area contributed by atoms with Crippen molar-refractivity contribution in [3.8, 4) is 5.88 Å². The molecule has 4 aromatic rings. The number of hydrogen-bond donors (Lipinski definition) is 1. The van der Waals surface area contributed by atoms with Gasteiger partial charge in [0.15, 0.2) is 0 Å². The quantitative estimate of drug-likeness (QED) is 0.468. The lowest BCUT2D eigenvalue weighted by Crippen LogP contribution is -2.37. The fourth-order valence-corrected chi connectivity index (χ4v) is 4.34. The van der Waals surface area contributed by atoms with Crippen molar-refractivity contribution in [2.45, 2.75) is 26.7 Å². The standard InChI is InChI=1S/C26H23N3O5/c1-4-32-25(31)20-19(17-10-6-8-15(3)12-17)21-23(34-26(27)28-21)29-18(24(30)33-22(20)29)13-16-9-5-7-14(2)11-16/h5-13,19H,4H2,1-3H3,(H2,27,28)/b18-13+. The number of hydrogen-bond acceptors (Lipinski definition) is 7. The lowest BCUT2D eigenvalue weighted by molar-refractivity contribution is -0.136. The van der Waals surface area contributed by atoms with Crippen molar-refractivity contribution < 1.29 is 18.4 Å². The monoisotopic (exact) mass is 457 g/mol. The fraction of sp³-hybridized carbons (Fsp3) is 0.192. The van der Waals surface area contributed by atoms with E-state index in [0.29, 0.717) is 5.69 Å². The van der Waals surface area contributed by atoms with E-state index in [1.165, 1.54) is 4.57 Å². The summed E-state index contributed by atoms with van der Waals surface area (Å²) >= 11 is 0. The maximum atomic E-state index is 13.2. The number of nitrogens with two attached hydrogens (primary N) is 1. The third kappa shape index (κ3) is 3.53. The Morgan fingerprint density at radius 1 is 1.15 bits per heavy atom. The number of fused-ring (bicyclic) bond motifs is 3. The Kier molecular flexibility index (Phi) is 5.20. The predicted octanol–water partition coefficient (Wildman–Crippen LogP) is 2.31. The van der Waals surface area contributed by atoms with Crippen LogP contribution < -0.4 is 22.3 Å². The van der Waals surface area contributed by atoms with Crippen LogP contribution >= 0.6 is 0 Å². The number of aromatic nitrogens is 2. The first-order chi connectivity index (χ1) is 16.4. The highest BCUT2D eigenvalue weighted by Gasteiger charge is 2.39. The largest absolute Gasteiger partial charge is 0.462 e. The molecule has 0 radical (unpaired) electrons. The zero-order valence-corrected chi connectivity index (χ0v) is 19.0. The van der Waals surface area contributed by atoms with Gasteiger partial charge in [-0.15, -0.1) is 0 Å². The highest BCUT2D eigenvalue weighted by atomic mass is 16.5. The summed E-state index contributed by atoms with van der Waals surface area (Å²) in [6, 6.07) is 15.2. The van der Waals surface area contributed by atoms with Crippen molar-refractivity contribution in [3.63, 3.8) is 0 Å². The van der Waals surface area contributed by atoms with Crippen LogP contribution in [0.4, 0.5) is 6.01 Å². The molecular weight excluding hydrogens is 434 g/mol. The SMILES string of the molecule is CCOC(=O)C1=c2oc(=O)/c(=C\c3cccc(C)c3)n2-c2oc(N)nc2C1c1cccc(C)c1. The second-order valence-electron chi connectivity index (χ2n) is 8.20. The smallest absolute Gasteiger partial charge is 0.362 e. The molecule has 0 fully saturated rings. The van der Waals surface area contributed by atoms with Crippen molar-refractivity contribution in [2.24, 2.45) is 0 Å². The van der Waals surface area contributed by atoms with Crippen LogP contribution in [0, 0.1) is 13.8 Å². The van der Waals surface area contributed by atoms with E-state index < -0.39 is 17.5 Å². The van der Waals surface area contributed by atoms with Crippen LogP contribution in [0.2, 0.25) is 0 Å². The van der Waals surface area contributed by atoms with E-state index in [4.69, 9.17) is 19.3 Å². The number of nitrogens with zero attached hydrogens (tertiary/aromatic N) is 2. The minimum Gasteiger partial charge on any atom is -0.462 e. The van der Waals surface area contributed by atoms with E-state index in [0.717, 1.165) is 22.3 Å². The number of oxazole rings is 2. The third-order valence-corrected chi connectivity index (χ3v) is 5.71. The van der Waals surface area contributed by atoms with Crippen LogP contribution in [0.15, 0.2) is 62.2 Å². The lowest BCUT2D eigenvalue weighted by atomic mass is 9.86. The zero-order chi connectivity index (χ0) is 24.0. The molecule has 1 aliphatic heterocycles. The normalized spacial score (nSPS) is 15.2.